The molecule has 0 radical (unpaired) electrons. The molecule has 8 nitrogen and oxygen atoms in total. The van der Waals surface area contributed by atoms with Gasteiger partial charge in [0.15, 0.2) is 11.8 Å². The average molecular weight is 332 g/mol. The zero-order valence-electron chi connectivity index (χ0n) is 14.2. The summed E-state index contributed by atoms with van der Waals surface area (Å²) in [7, 11) is 1.74. The summed E-state index contributed by atoms with van der Waals surface area (Å²) in [5, 5.41) is 10.4. The molecule has 0 saturated carbocycles. The summed E-state index contributed by atoms with van der Waals surface area (Å²) in [4.78, 5) is 10.9. The number of hydrogen-bond acceptors (Lipinski definition) is 6. The Balaban J connectivity index is 1.56. The van der Waals surface area contributed by atoms with Crippen molar-refractivity contribution in [2.24, 2.45) is 4.99 Å². The van der Waals surface area contributed by atoms with Gasteiger partial charge >= 0.3 is 0 Å². The standard InChI is InChI=1S/C16H24N6O2/c1-12-20-15(21-24-12)11-19-16(17-2)18-10-13(14-6-5-9-23-14)22-7-3-4-8-22/h5-6,9,13H,3-4,7-8,10-11H2,1-2H3,(H2,17,18,19). The number of aromatic nitrogens is 2. The molecule has 0 amide bonds. The number of rotatable bonds is 6. The van der Waals surface area contributed by atoms with Crippen LogP contribution in [-0.2, 0) is 6.54 Å². The van der Waals surface area contributed by atoms with Crippen molar-refractivity contribution < 1.29 is 8.94 Å². The van der Waals surface area contributed by atoms with Gasteiger partial charge in [0, 0.05) is 20.5 Å². The van der Waals surface area contributed by atoms with Crippen LogP contribution in [0.2, 0.25) is 0 Å². The second-order valence-electron chi connectivity index (χ2n) is 5.81. The minimum Gasteiger partial charge on any atom is -0.468 e. The van der Waals surface area contributed by atoms with Crippen LogP contribution < -0.4 is 10.6 Å². The molecule has 2 aromatic heterocycles. The Morgan fingerprint density at radius 1 is 1.38 bits per heavy atom. The topological polar surface area (TPSA) is 91.7 Å². The Kier molecular flexibility index (Phi) is 5.47. The fraction of sp³-hybridized carbons (Fsp3) is 0.562. The monoisotopic (exact) mass is 332 g/mol. The predicted molar refractivity (Wildman–Crippen MR) is 89.5 cm³/mol. The van der Waals surface area contributed by atoms with E-state index in [2.05, 4.69) is 30.7 Å². The van der Waals surface area contributed by atoms with Gasteiger partial charge < -0.3 is 19.6 Å². The number of likely N-dealkylation sites (tertiary alicyclic amines) is 1. The zero-order chi connectivity index (χ0) is 16.8. The lowest BCUT2D eigenvalue weighted by Gasteiger charge is -2.26. The van der Waals surface area contributed by atoms with Gasteiger partial charge in [-0.2, -0.15) is 4.98 Å². The number of guanidine groups is 1. The molecular weight excluding hydrogens is 308 g/mol. The minimum absolute atomic E-state index is 0.202. The van der Waals surface area contributed by atoms with Gasteiger partial charge in [-0.25, -0.2) is 0 Å². The number of hydrogen-bond donors (Lipinski definition) is 2. The fourth-order valence-electron chi connectivity index (χ4n) is 2.93. The molecule has 1 aliphatic heterocycles. The van der Waals surface area contributed by atoms with E-state index in [1.807, 2.05) is 12.1 Å². The van der Waals surface area contributed by atoms with Crippen molar-refractivity contribution >= 4 is 5.96 Å². The Labute approximate surface area is 141 Å². The number of nitrogens with zero attached hydrogens (tertiary/aromatic N) is 4. The maximum atomic E-state index is 5.63. The van der Waals surface area contributed by atoms with E-state index in [4.69, 9.17) is 8.94 Å². The molecule has 8 heteroatoms. The van der Waals surface area contributed by atoms with E-state index in [-0.39, 0.29) is 6.04 Å². The van der Waals surface area contributed by atoms with Crippen molar-refractivity contribution in [1.82, 2.24) is 25.7 Å². The molecule has 3 heterocycles. The van der Waals surface area contributed by atoms with Crippen molar-refractivity contribution in [2.75, 3.05) is 26.7 Å². The first kappa shape index (κ1) is 16.5. The molecule has 1 saturated heterocycles. The van der Waals surface area contributed by atoms with Crippen LogP contribution in [-0.4, -0.2) is 47.7 Å². The molecule has 2 N–H and O–H groups in total. The summed E-state index contributed by atoms with van der Waals surface area (Å²) >= 11 is 0. The first-order chi connectivity index (χ1) is 11.8. The van der Waals surface area contributed by atoms with Gasteiger partial charge in [0.2, 0.25) is 5.89 Å². The average Bonchev–Trinajstić information content (AvgIpc) is 3.33. The van der Waals surface area contributed by atoms with Gasteiger partial charge in [0.05, 0.1) is 18.8 Å². The number of furan rings is 1. The minimum atomic E-state index is 0.202. The highest BCUT2D eigenvalue weighted by atomic mass is 16.5. The highest BCUT2D eigenvalue weighted by Crippen LogP contribution is 2.24. The van der Waals surface area contributed by atoms with Gasteiger partial charge in [0.1, 0.15) is 5.76 Å². The van der Waals surface area contributed by atoms with Crippen molar-refractivity contribution in [3.63, 3.8) is 0 Å². The second kappa shape index (κ2) is 7.96. The predicted octanol–water partition coefficient (Wildman–Crippen LogP) is 1.47. The van der Waals surface area contributed by atoms with E-state index in [0.29, 0.717) is 24.2 Å². The molecule has 1 aliphatic rings. The van der Waals surface area contributed by atoms with E-state index in [1.54, 1.807) is 20.2 Å². The normalized spacial score (nSPS) is 17.2. The smallest absolute Gasteiger partial charge is 0.223 e. The SMILES string of the molecule is CN=C(NCc1noc(C)n1)NCC(c1ccco1)N1CCCC1. The van der Waals surface area contributed by atoms with Gasteiger partial charge in [0.25, 0.3) is 0 Å². The van der Waals surface area contributed by atoms with Gasteiger partial charge in [-0.1, -0.05) is 5.16 Å². The van der Waals surface area contributed by atoms with Crippen LogP contribution >= 0.6 is 0 Å². The Hall–Kier alpha value is -2.35. The zero-order valence-corrected chi connectivity index (χ0v) is 14.2. The fourth-order valence-corrected chi connectivity index (χ4v) is 2.93. The summed E-state index contributed by atoms with van der Waals surface area (Å²) in [6.45, 7) is 5.15. The quantitative estimate of drug-likeness (QED) is 0.611. The molecule has 130 valence electrons. The molecule has 3 rings (SSSR count). The van der Waals surface area contributed by atoms with Crippen LogP contribution in [0, 0.1) is 6.92 Å². The number of aryl methyl sites for hydroxylation is 1. The summed E-state index contributed by atoms with van der Waals surface area (Å²) in [6.07, 6.45) is 4.20. The van der Waals surface area contributed by atoms with Crippen molar-refractivity contribution in [1.29, 1.82) is 0 Å². The van der Waals surface area contributed by atoms with Crippen LogP contribution in [0.1, 0.15) is 36.4 Å². The van der Waals surface area contributed by atoms with Crippen LogP contribution in [0.3, 0.4) is 0 Å². The number of aliphatic imine (C=N–C) groups is 1. The summed E-state index contributed by atoms with van der Waals surface area (Å²) in [6, 6.07) is 4.17. The van der Waals surface area contributed by atoms with Gasteiger partial charge in [-0.15, -0.1) is 0 Å². The Morgan fingerprint density at radius 2 is 2.21 bits per heavy atom. The third-order valence-electron chi connectivity index (χ3n) is 4.12. The lowest BCUT2D eigenvalue weighted by Crippen LogP contribution is -2.42. The third kappa shape index (κ3) is 4.14. The maximum absolute atomic E-state index is 5.63. The van der Waals surface area contributed by atoms with Gasteiger partial charge in [-0.05, 0) is 38.1 Å². The Morgan fingerprint density at radius 3 is 2.83 bits per heavy atom. The third-order valence-corrected chi connectivity index (χ3v) is 4.12. The molecule has 1 unspecified atom stereocenters. The summed E-state index contributed by atoms with van der Waals surface area (Å²) in [5.41, 5.74) is 0. The van der Waals surface area contributed by atoms with E-state index in [9.17, 15) is 0 Å². The van der Waals surface area contributed by atoms with Crippen molar-refractivity contribution in [3.05, 3.63) is 35.9 Å². The van der Waals surface area contributed by atoms with Crippen LogP contribution in [0.25, 0.3) is 0 Å². The van der Waals surface area contributed by atoms with Crippen molar-refractivity contribution in [3.8, 4) is 0 Å². The molecule has 0 bridgehead atoms. The van der Waals surface area contributed by atoms with Crippen LogP contribution in [0.5, 0.6) is 0 Å². The van der Waals surface area contributed by atoms with Crippen LogP contribution in [0.4, 0.5) is 0 Å². The largest absolute Gasteiger partial charge is 0.468 e. The second-order valence-corrected chi connectivity index (χ2v) is 5.81. The lowest BCUT2D eigenvalue weighted by molar-refractivity contribution is 0.215. The van der Waals surface area contributed by atoms with E-state index < -0.39 is 0 Å². The lowest BCUT2D eigenvalue weighted by atomic mass is 10.2. The van der Waals surface area contributed by atoms with Crippen LogP contribution in [0.15, 0.2) is 32.3 Å². The highest BCUT2D eigenvalue weighted by molar-refractivity contribution is 5.79. The van der Waals surface area contributed by atoms with Crippen molar-refractivity contribution in [2.45, 2.75) is 32.4 Å². The summed E-state index contributed by atoms with van der Waals surface area (Å²) in [5.74, 6) is 2.85. The molecule has 24 heavy (non-hydrogen) atoms. The van der Waals surface area contributed by atoms with E-state index in [0.717, 1.165) is 25.4 Å². The highest BCUT2D eigenvalue weighted by Gasteiger charge is 2.25. The molecule has 0 aromatic carbocycles. The first-order valence-corrected chi connectivity index (χ1v) is 8.27. The first-order valence-electron chi connectivity index (χ1n) is 8.27. The molecule has 0 aliphatic carbocycles. The molecular formula is C16H24N6O2. The molecule has 1 fully saturated rings. The molecule has 1 atom stereocenters. The molecule has 0 spiro atoms. The summed E-state index contributed by atoms with van der Waals surface area (Å²) < 4.78 is 10.6. The van der Waals surface area contributed by atoms with E-state index >= 15 is 0 Å². The maximum Gasteiger partial charge on any atom is 0.223 e. The number of nitrogens with one attached hydrogen (secondary N) is 2. The molecule has 2 aromatic rings. The Bertz CT molecular complexity index is 645. The van der Waals surface area contributed by atoms with E-state index in [1.165, 1.54) is 12.8 Å². The van der Waals surface area contributed by atoms with Gasteiger partial charge in [-0.3, -0.25) is 9.89 Å².